The van der Waals surface area contributed by atoms with Crippen LogP contribution < -0.4 is 0 Å². The zero-order valence-electron chi connectivity index (χ0n) is 8.17. The number of benzene rings is 1. The molecule has 2 atom stereocenters. The van der Waals surface area contributed by atoms with Gasteiger partial charge in [-0.25, -0.2) is 0 Å². The fourth-order valence-electron chi connectivity index (χ4n) is 1.26. The molecule has 16 heavy (non-hydrogen) atoms. The zero-order valence-corrected chi connectivity index (χ0v) is 8.92. The second kappa shape index (κ2) is 5.16. The van der Waals surface area contributed by atoms with Crippen LogP contribution in [-0.4, -0.2) is 32.5 Å². The Kier molecular flexibility index (Phi) is 4.12. The minimum absolute atomic E-state index is 0.0400. The van der Waals surface area contributed by atoms with E-state index < -0.39 is 24.6 Å². The number of carbonyl (C=O) groups is 1. The minimum Gasteiger partial charge on any atom is -0.508 e. The lowest BCUT2D eigenvalue weighted by Gasteiger charge is -2.17. The van der Waals surface area contributed by atoms with Gasteiger partial charge in [-0.2, -0.15) is 0 Å². The molecule has 0 aliphatic carbocycles. The molecule has 0 fully saturated rings. The Bertz CT molecular complexity index is 393. The van der Waals surface area contributed by atoms with Gasteiger partial charge in [-0.15, -0.1) is 0 Å². The molecule has 0 radical (unpaired) electrons. The maximum Gasteiger partial charge on any atom is 0.306 e. The Morgan fingerprint density at radius 2 is 2.00 bits per heavy atom. The number of hydrogen-bond donors (Lipinski definition) is 4. The Labute approximate surface area is 96.5 Å². The first-order valence-electron chi connectivity index (χ1n) is 4.48. The fourth-order valence-corrected chi connectivity index (χ4v) is 1.43. The third-order valence-corrected chi connectivity index (χ3v) is 2.29. The van der Waals surface area contributed by atoms with E-state index in [-0.39, 0.29) is 16.3 Å². The molecule has 0 amide bonds. The Morgan fingerprint density at radius 3 is 2.50 bits per heavy atom. The zero-order chi connectivity index (χ0) is 12.3. The molecule has 0 bridgehead atoms. The van der Waals surface area contributed by atoms with Crippen molar-refractivity contribution in [1.29, 1.82) is 0 Å². The number of rotatable bonds is 4. The first-order valence-corrected chi connectivity index (χ1v) is 4.86. The van der Waals surface area contributed by atoms with Crippen molar-refractivity contribution in [3.05, 3.63) is 28.8 Å². The van der Waals surface area contributed by atoms with Crippen molar-refractivity contribution >= 4 is 17.6 Å². The van der Waals surface area contributed by atoms with Crippen molar-refractivity contribution in [2.24, 2.45) is 0 Å². The third kappa shape index (κ3) is 3.10. The molecular weight excluding hydrogens is 236 g/mol. The van der Waals surface area contributed by atoms with Crippen molar-refractivity contribution < 1.29 is 25.2 Å². The predicted molar refractivity (Wildman–Crippen MR) is 56.3 cm³/mol. The predicted octanol–water partition coefficient (Wildman–Crippen LogP) is 0.915. The maximum absolute atomic E-state index is 10.3. The molecule has 5 nitrogen and oxygen atoms in total. The van der Waals surface area contributed by atoms with Crippen LogP contribution in [0.1, 0.15) is 18.1 Å². The summed E-state index contributed by atoms with van der Waals surface area (Å²) in [5.41, 5.74) is 0.0400. The van der Waals surface area contributed by atoms with Crippen LogP contribution in [-0.2, 0) is 4.79 Å². The highest BCUT2D eigenvalue weighted by Crippen LogP contribution is 2.29. The molecule has 2 unspecified atom stereocenters. The summed E-state index contributed by atoms with van der Waals surface area (Å²) in [4.78, 5) is 10.3. The molecule has 1 aromatic carbocycles. The van der Waals surface area contributed by atoms with E-state index >= 15 is 0 Å². The van der Waals surface area contributed by atoms with Crippen LogP contribution in [0.2, 0.25) is 5.02 Å². The van der Waals surface area contributed by atoms with Crippen LogP contribution in [0.15, 0.2) is 18.2 Å². The van der Waals surface area contributed by atoms with Crippen molar-refractivity contribution in [3.8, 4) is 5.75 Å². The van der Waals surface area contributed by atoms with Crippen molar-refractivity contribution in [2.75, 3.05) is 0 Å². The molecule has 88 valence electrons. The minimum atomic E-state index is -1.48. The lowest BCUT2D eigenvalue weighted by atomic mass is 10.0. The number of aliphatic hydroxyl groups is 2. The summed E-state index contributed by atoms with van der Waals surface area (Å²) >= 11 is 5.59. The SMILES string of the molecule is O=C(O)CC(O)C(O)c1ccc(Cl)cc1O. The number of aliphatic carboxylic acids is 1. The summed E-state index contributed by atoms with van der Waals surface area (Å²) in [6, 6.07) is 3.95. The molecule has 4 N–H and O–H groups in total. The topological polar surface area (TPSA) is 98.0 Å². The van der Waals surface area contributed by atoms with E-state index in [9.17, 15) is 20.1 Å². The van der Waals surface area contributed by atoms with Gasteiger partial charge in [0.15, 0.2) is 0 Å². The lowest BCUT2D eigenvalue weighted by Crippen LogP contribution is -2.21. The molecule has 1 aromatic rings. The molecular formula is C10H11ClO5. The first kappa shape index (κ1) is 12.8. The summed E-state index contributed by atoms with van der Waals surface area (Å²) in [6.07, 6.45) is -3.55. The van der Waals surface area contributed by atoms with E-state index in [1.54, 1.807) is 0 Å². The van der Waals surface area contributed by atoms with Gasteiger partial charge in [0.2, 0.25) is 0 Å². The van der Waals surface area contributed by atoms with Crippen LogP contribution in [0.5, 0.6) is 5.75 Å². The fraction of sp³-hybridized carbons (Fsp3) is 0.300. The smallest absolute Gasteiger partial charge is 0.306 e. The van der Waals surface area contributed by atoms with Crippen molar-refractivity contribution in [2.45, 2.75) is 18.6 Å². The van der Waals surface area contributed by atoms with Gasteiger partial charge in [0, 0.05) is 10.6 Å². The standard InChI is InChI=1S/C10H11ClO5/c11-5-1-2-6(7(12)3-5)10(16)8(13)4-9(14)15/h1-3,8,10,12-13,16H,4H2,(H,14,15). The summed E-state index contributed by atoms with van der Waals surface area (Å²) in [7, 11) is 0. The number of halogens is 1. The lowest BCUT2D eigenvalue weighted by molar-refractivity contribution is -0.141. The monoisotopic (exact) mass is 246 g/mol. The van der Waals surface area contributed by atoms with Gasteiger partial charge in [0.1, 0.15) is 11.9 Å². The van der Waals surface area contributed by atoms with Gasteiger partial charge in [0.05, 0.1) is 12.5 Å². The van der Waals surface area contributed by atoms with Crippen LogP contribution in [0, 0.1) is 0 Å². The average molecular weight is 247 g/mol. The number of carboxylic acids is 1. The second-order valence-electron chi connectivity index (χ2n) is 3.31. The molecule has 0 aromatic heterocycles. The van der Waals surface area contributed by atoms with Gasteiger partial charge in [-0.1, -0.05) is 17.7 Å². The molecule has 0 aliphatic heterocycles. The molecule has 0 aliphatic rings. The number of phenolic OH excluding ortho intramolecular Hbond substituents is 1. The number of aliphatic hydroxyl groups excluding tert-OH is 2. The van der Waals surface area contributed by atoms with E-state index in [0.717, 1.165) is 0 Å². The number of phenols is 1. The van der Waals surface area contributed by atoms with Gasteiger partial charge in [-0.05, 0) is 12.1 Å². The Morgan fingerprint density at radius 1 is 1.38 bits per heavy atom. The number of carboxylic acid groups (broad SMARTS) is 1. The second-order valence-corrected chi connectivity index (χ2v) is 3.75. The summed E-state index contributed by atoms with van der Waals surface area (Å²) in [6.45, 7) is 0. The van der Waals surface area contributed by atoms with Crippen LogP contribution in [0.25, 0.3) is 0 Å². The molecule has 0 saturated heterocycles. The molecule has 0 heterocycles. The van der Waals surface area contributed by atoms with Gasteiger partial charge in [0.25, 0.3) is 0 Å². The van der Waals surface area contributed by atoms with Gasteiger partial charge in [-0.3, -0.25) is 4.79 Å². The number of aromatic hydroxyl groups is 1. The summed E-state index contributed by atoms with van der Waals surface area (Å²) in [5.74, 6) is -1.52. The molecule has 0 saturated carbocycles. The van der Waals surface area contributed by atoms with E-state index in [1.165, 1.54) is 18.2 Å². The number of hydrogen-bond acceptors (Lipinski definition) is 4. The third-order valence-electron chi connectivity index (χ3n) is 2.06. The highest BCUT2D eigenvalue weighted by Gasteiger charge is 2.23. The Balaban J connectivity index is 2.87. The largest absolute Gasteiger partial charge is 0.508 e. The normalized spacial score (nSPS) is 14.4. The van der Waals surface area contributed by atoms with E-state index in [4.69, 9.17) is 16.7 Å². The maximum atomic E-state index is 10.3. The van der Waals surface area contributed by atoms with E-state index in [0.29, 0.717) is 0 Å². The molecule has 0 spiro atoms. The quantitative estimate of drug-likeness (QED) is 0.633. The summed E-state index contributed by atoms with van der Waals surface area (Å²) < 4.78 is 0. The molecule has 1 rings (SSSR count). The van der Waals surface area contributed by atoms with Crippen molar-refractivity contribution in [1.82, 2.24) is 0 Å². The van der Waals surface area contributed by atoms with Crippen LogP contribution in [0.3, 0.4) is 0 Å². The van der Waals surface area contributed by atoms with E-state index in [2.05, 4.69) is 0 Å². The van der Waals surface area contributed by atoms with Crippen molar-refractivity contribution in [3.63, 3.8) is 0 Å². The first-order chi connectivity index (χ1) is 7.41. The van der Waals surface area contributed by atoms with Gasteiger partial charge >= 0.3 is 5.97 Å². The van der Waals surface area contributed by atoms with E-state index in [1.807, 2.05) is 0 Å². The van der Waals surface area contributed by atoms with Crippen LogP contribution >= 0.6 is 11.6 Å². The van der Waals surface area contributed by atoms with Gasteiger partial charge < -0.3 is 20.4 Å². The van der Waals surface area contributed by atoms with Crippen LogP contribution in [0.4, 0.5) is 0 Å². The Hall–Kier alpha value is -1.30. The average Bonchev–Trinajstić information content (AvgIpc) is 2.15. The highest BCUT2D eigenvalue weighted by atomic mass is 35.5. The summed E-state index contributed by atoms with van der Waals surface area (Å²) in [5, 5.41) is 37.1. The highest BCUT2D eigenvalue weighted by molar-refractivity contribution is 6.30. The molecule has 6 heteroatoms.